The van der Waals surface area contributed by atoms with Crippen molar-refractivity contribution in [2.45, 2.75) is 25.4 Å². The Morgan fingerprint density at radius 2 is 2.44 bits per heavy atom. The molecule has 0 aliphatic carbocycles. The van der Waals surface area contributed by atoms with Crippen LogP contribution in [0.25, 0.3) is 0 Å². The first-order valence-electron chi connectivity index (χ1n) is 5.43. The van der Waals surface area contributed by atoms with Crippen LogP contribution in [0.1, 0.15) is 18.4 Å². The maximum absolute atomic E-state index is 11.9. The molecule has 1 N–H and O–H groups in total. The fraction of sp³-hybridized carbons (Fsp3) is 0.455. The molecule has 4 nitrogen and oxygen atoms in total. The Bertz CT molecular complexity index is 449. The summed E-state index contributed by atoms with van der Waals surface area (Å²) in [6.45, 7) is 1.81. The predicted molar refractivity (Wildman–Crippen MR) is 64.0 cm³/mol. The Kier molecular flexibility index (Phi) is 2.44. The summed E-state index contributed by atoms with van der Waals surface area (Å²) >= 11 is 3.41. The molecule has 0 spiro atoms. The highest BCUT2D eigenvalue weighted by Gasteiger charge is 2.34. The van der Waals surface area contributed by atoms with Crippen LogP contribution in [0, 0.1) is 0 Å². The normalized spacial score (nSPS) is 24.6. The number of carbonyl (C=O) groups excluding carboxylic acids is 1. The number of aromatic nitrogens is 1. The lowest BCUT2D eigenvalue weighted by Gasteiger charge is -2.19. The second-order valence-corrected chi connectivity index (χ2v) is 5.19. The maximum Gasteiger partial charge on any atom is 0.242 e. The summed E-state index contributed by atoms with van der Waals surface area (Å²) < 4.78 is 0.957. The van der Waals surface area contributed by atoms with Crippen LogP contribution in [-0.2, 0) is 11.3 Å². The van der Waals surface area contributed by atoms with Crippen molar-refractivity contribution in [1.29, 1.82) is 0 Å². The van der Waals surface area contributed by atoms with Gasteiger partial charge in [-0.05, 0) is 41.4 Å². The third kappa shape index (κ3) is 1.64. The van der Waals surface area contributed by atoms with E-state index in [1.54, 1.807) is 6.20 Å². The number of fused-ring (bicyclic) bond motifs is 2. The smallest absolute Gasteiger partial charge is 0.242 e. The number of carbonyl (C=O) groups is 1. The van der Waals surface area contributed by atoms with Gasteiger partial charge in [0.05, 0.1) is 6.04 Å². The van der Waals surface area contributed by atoms with Crippen molar-refractivity contribution in [3.8, 4) is 0 Å². The van der Waals surface area contributed by atoms with Crippen molar-refractivity contribution in [1.82, 2.24) is 9.88 Å². The minimum Gasteiger partial charge on any atom is -0.309 e. The molecule has 1 amide bonds. The van der Waals surface area contributed by atoms with Crippen LogP contribution in [0.15, 0.2) is 16.7 Å². The number of halogens is 1. The summed E-state index contributed by atoms with van der Waals surface area (Å²) in [5.74, 6) is 0.800. The first-order valence-corrected chi connectivity index (χ1v) is 6.23. The average Bonchev–Trinajstić information content (AvgIpc) is 2.65. The lowest BCUT2D eigenvalue weighted by Crippen LogP contribution is -2.36. The topological polar surface area (TPSA) is 45.2 Å². The molecular formula is C11H12BrN3O. The lowest BCUT2D eigenvalue weighted by molar-refractivity contribution is -0.120. The minimum atomic E-state index is 0.0352. The fourth-order valence-corrected chi connectivity index (χ4v) is 2.82. The highest BCUT2D eigenvalue weighted by Crippen LogP contribution is 2.28. The molecule has 1 aromatic rings. The maximum atomic E-state index is 11.9. The molecular weight excluding hydrogens is 270 g/mol. The van der Waals surface area contributed by atoms with Crippen LogP contribution in [0.5, 0.6) is 0 Å². The van der Waals surface area contributed by atoms with Gasteiger partial charge in [0.1, 0.15) is 5.82 Å². The van der Waals surface area contributed by atoms with Gasteiger partial charge < -0.3 is 5.32 Å². The molecule has 1 fully saturated rings. The molecule has 2 aliphatic heterocycles. The summed E-state index contributed by atoms with van der Waals surface area (Å²) in [7, 11) is 0. The van der Waals surface area contributed by atoms with E-state index in [1.807, 2.05) is 6.07 Å². The number of hydrogen-bond donors (Lipinski definition) is 1. The Morgan fingerprint density at radius 3 is 3.31 bits per heavy atom. The molecule has 3 rings (SSSR count). The highest BCUT2D eigenvalue weighted by atomic mass is 79.9. The molecule has 1 aromatic heterocycles. The van der Waals surface area contributed by atoms with Gasteiger partial charge in [0.25, 0.3) is 0 Å². The van der Waals surface area contributed by atoms with Crippen LogP contribution in [0.2, 0.25) is 0 Å². The third-order valence-electron chi connectivity index (χ3n) is 3.21. The zero-order chi connectivity index (χ0) is 11.1. The van der Waals surface area contributed by atoms with E-state index in [-0.39, 0.29) is 11.9 Å². The fourth-order valence-electron chi connectivity index (χ4n) is 2.45. The Hall–Kier alpha value is -0.940. The number of anilines is 1. The minimum absolute atomic E-state index is 0.0352. The standard InChI is InChI=1S/C11H12BrN3O/c12-8-4-7-6-15-3-1-2-9(15)11(16)14-10(7)13-5-8/h4-5,9H,1-3,6H2,(H,13,14,16)/t9-/m0/s1. The number of hydrogen-bond acceptors (Lipinski definition) is 3. The van der Waals surface area contributed by atoms with E-state index in [0.29, 0.717) is 5.82 Å². The number of pyridine rings is 1. The number of rotatable bonds is 0. The van der Waals surface area contributed by atoms with E-state index in [2.05, 4.69) is 31.1 Å². The summed E-state index contributed by atoms with van der Waals surface area (Å²) in [5, 5.41) is 2.91. The summed E-state index contributed by atoms with van der Waals surface area (Å²) in [4.78, 5) is 18.4. The first-order chi connectivity index (χ1) is 7.74. The van der Waals surface area contributed by atoms with E-state index in [9.17, 15) is 4.79 Å². The van der Waals surface area contributed by atoms with Crippen LogP contribution in [-0.4, -0.2) is 28.4 Å². The number of nitrogens with zero attached hydrogens (tertiary/aromatic N) is 2. The molecule has 0 saturated carbocycles. The molecule has 3 heterocycles. The van der Waals surface area contributed by atoms with Gasteiger partial charge in [0.2, 0.25) is 5.91 Å². The quantitative estimate of drug-likeness (QED) is 0.788. The van der Waals surface area contributed by atoms with Gasteiger partial charge in [0, 0.05) is 22.8 Å². The molecule has 16 heavy (non-hydrogen) atoms. The Labute approximate surface area is 102 Å². The molecule has 1 saturated heterocycles. The SMILES string of the molecule is O=C1Nc2ncc(Br)cc2CN2CCC[C@@H]12. The van der Waals surface area contributed by atoms with Crippen LogP contribution in [0.3, 0.4) is 0 Å². The van der Waals surface area contributed by atoms with E-state index in [0.717, 1.165) is 36.0 Å². The van der Waals surface area contributed by atoms with Crippen LogP contribution >= 0.6 is 15.9 Å². The molecule has 1 atom stereocenters. The van der Waals surface area contributed by atoms with Gasteiger partial charge in [-0.15, -0.1) is 0 Å². The van der Waals surface area contributed by atoms with Crippen molar-refractivity contribution in [2.24, 2.45) is 0 Å². The Morgan fingerprint density at radius 1 is 1.56 bits per heavy atom. The lowest BCUT2D eigenvalue weighted by atomic mass is 10.2. The van der Waals surface area contributed by atoms with Crippen molar-refractivity contribution in [2.75, 3.05) is 11.9 Å². The van der Waals surface area contributed by atoms with Crippen molar-refractivity contribution < 1.29 is 4.79 Å². The van der Waals surface area contributed by atoms with Gasteiger partial charge in [0.15, 0.2) is 0 Å². The molecule has 84 valence electrons. The summed E-state index contributed by atoms with van der Waals surface area (Å²) in [5.41, 5.74) is 1.09. The van der Waals surface area contributed by atoms with Gasteiger partial charge in [-0.3, -0.25) is 9.69 Å². The highest BCUT2D eigenvalue weighted by molar-refractivity contribution is 9.10. The number of nitrogens with one attached hydrogen (secondary N) is 1. The van der Waals surface area contributed by atoms with Crippen molar-refractivity contribution >= 4 is 27.7 Å². The molecule has 5 heteroatoms. The Balaban J connectivity index is 2.01. The monoisotopic (exact) mass is 281 g/mol. The average molecular weight is 282 g/mol. The predicted octanol–water partition coefficient (Wildman–Crippen LogP) is 1.76. The molecule has 0 unspecified atom stereocenters. The van der Waals surface area contributed by atoms with Gasteiger partial charge in [-0.1, -0.05) is 0 Å². The van der Waals surface area contributed by atoms with Gasteiger partial charge in [-0.25, -0.2) is 4.98 Å². The van der Waals surface area contributed by atoms with E-state index < -0.39 is 0 Å². The van der Waals surface area contributed by atoms with E-state index in [4.69, 9.17) is 0 Å². The zero-order valence-electron chi connectivity index (χ0n) is 8.74. The summed E-state index contributed by atoms with van der Waals surface area (Å²) in [6.07, 6.45) is 3.78. The van der Waals surface area contributed by atoms with Crippen molar-refractivity contribution in [3.63, 3.8) is 0 Å². The van der Waals surface area contributed by atoms with Gasteiger partial charge >= 0.3 is 0 Å². The molecule has 2 aliphatic rings. The molecule has 0 bridgehead atoms. The van der Waals surface area contributed by atoms with Crippen LogP contribution < -0.4 is 5.32 Å². The molecule has 0 radical (unpaired) electrons. The number of amides is 1. The second-order valence-electron chi connectivity index (χ2n) is 4.28. The third-order valence-corrected chi connectivity index (χ3v) is 3.65. The van der Waals surface area contributed by atoms with E-state index in [1.165, 1.54) is 0 Å². The summed E-state index contributed by atoms with van der Waals surface area (Å²) in [6, 6.07) is 2.07. The molecule has 0 aromatic carbocycles. The van der Waals surface area contributed by atoms with E-state index >= 15 is 0 Å². The second kappa shape index (κ2) is 3.82. The first kappa shape index (κ1) is 10.2. The zero-order valence-corrected chi connectivity index (χ0v) is 10.3. The van der Waals surface area contributed by atoms with Crippen molar-refractivity contribution in [3.05, 3.63) is 22.3 Å². The van der Waals surface area contributed by atoms with Gasteiger partial charge in [-0.2, -0.15) is 0 Å². The largest absolute Gasteiger partial charge is 0.309 e. The van der Waals surface area contributed by atoms with Crippen LogP contribution in [0.4, 0.5) is 5.82 Å².